The van der Waals surface area contributed by atoms with E-state index in [0.717, 1.165) is 27.9 Å². The Morgan fingerprint density at radius 2 is 1.45 bits per heavy atom. The summed E-state index contributed by atoms with van der Waals surface area (Å²) in [7, 11) is 0. The number of para-hydroxylation sites is 2. The van der Waals surface area contributed by atoms with E-state index in [1.807, 2.05) is 54.6 Å². The summed E-state index contributed by atoms with van der Waals surface area (Å²) >= 11 is 0. The average molecular weight is 398 g/mol. The van der Waals surface area contributed by atoms with Gasteiger partial charge in [-0.25, -0.2) is 0 Å². The summed E-state index contributed by atoms with van der Waals surface area (Å²) in [6.07, 6.45) is 0. The second kappa shape index (κ2) is 6.45. The van der Waals surface area contributed by atoms with Gasteiger partial charge < -0.3 is 14.3 Å². The van der Waals surface area contributed by atoms with Crippen LogP contribution in [0.4, 0.5) is 5.95 Å². The molecule has 0 bridgehead atoms. The molecule has 0 radical (unpaired) electrons. The number of rotatable bonds is 1. The second-order valence-corrected chi connectivity index (χ2v) is 7.26. The lowest BCUT2D eigenvalue weighted by Gasteiger charge is -2.33. The first-order valence-corrected chi connectivity index (χ1v) is 9.63. The highest BCUT2D eigenvalue weighted by atomic mass is 16.5. The SMILES string of the molecule is [C-]#[N+]c1nc(C#N)cc(-c2cc3c4c(c2)Oc2ccccc2B4c2ccccc2O3)n1. The van der Waals surface area contributed by atoms with Crippen LogP contribution in [0.25, 0.3) is 16.1 Å². The second-order valence-electron chi connectivity index (χ2n) is 7.26. The van der Waals surface area contributed by atoms with Gasteiger partial charge in [0.15, 0.2) is 0 Å². The fourth-order valence-electron chi connectivity index (χ4n) is 4.23. The van der Waals surface area contributed by atoms with Gasteiger partial charge in [0, 0.05) is 17.1 Å². The van der Waals surface area contributed by atoms with Crippen molar-refractivity contribution in [3.63, 3.8) is 0 Å². The van der Waals surface area contributed by atoms with Crippen molar-refractivity contribution in [3.8, 4) is 40.3 Å². The molecular weight excluding hydrogens is 387 g/mol. The normalized spacial score (nSPS) is 12.3. The molecule has 0 atom stereocenters. The van der Waals surface area contributed by atoms with Gasteiger partial charge >= 0.3 is 5.95 Å². The molecule has 3 heterocycles. The van der Waals surface area contributed by atoms with E-state index in [-0.39, 0.29) is 18.4 Å². The minimum absolute atomic E-state index is 0.00665. The summed E-state index contributed by atoms with van der Waals surface area (Å²) < 4.78 is 12.5. The van der Waals surface area contributed by atoms with Crippen LogP contribution in [-0.2, 0) is 0 Å². The molecule has 0 amide bonds. The number of hydrogen-bond donors (Lipinski definition) is 0. The van der Waals surface area contributed by atoms with Gasteiger partial charge in [0.05, 0.1) is 0 Å². The van der Waals surface area contributed by atoms with Gasteiger partial charge in [-0.2, -0.15) is 5.26 Å². The average Bonchev–Trinajstić information content (AvgIpc) is 2.83. The van der Waals surface area contributed by atoms with E-state index in [2.05, 4.69) is 26.9 Å². The Bertz CT molecular complexity index is 1380. The molecule has 2 aliphatic rings. The Kier molecular flexibility index (Phi) is 3.59. The van der Waals surface area contributed by atoms with E-state index < -0.39 is 0 Å². The van der Waals surface area contributed by atoms with Crippen molar-refractivity contribution in [1.29, 1.82) is 5.26 Å². The quantitative estimate of drug-likeness (QED) is 0.314. The molecule has 0 aliphatic carbocycles. The molecule has 4 aromatic rings. The van der Waals surface area contributed by atoms with Crippen molar-refractivity contribution in [1.82, 2.24) is 9.97 Å². The third-order valence-electron chi connectivity index (χ3n) is 5.52. The lowest BCUT2D eigenvalue weighted by molar-refractivity contribution is 0.465. The summed E-state index contributed by atoms with van der Waals surface area (Å²) in [6, 6.07) is 23.3. The molecule has 0 saturated carbocycles. The first-order valence-electron chi connectivity index (χ1n) is 9.63. The molecule has 142 valence electrons. The van der Waals surface area contributed by atoms with E-state index in [1.54, 1.807) is 6.07 Å². The first kappa shape index (κ1) is 17.3. The molecule has 0 saturated heterocycles. The minimum atomic E-state index is -0.0733. The minimum Gasteiger partial charge on any atom is -0.458 e. The van der Waals surface area contributed by atoms with E-state index in [0.29, 0.717) is 22.8 Å². The number of benzene rings is 3. The van der Waals surface area contributed by atoms with Crippen LogP contribution in [0.1, 0.15) is 5.69 Å². The molecule has 0 spiro atoms. The van der Waals surface area contributed by atoms with Crippen molar-refractivity contribution in [3.05, 3.63) is 83.8 Å². The van der Waals surface area contributed by atoms with Gasteiger partial charge in [-0.1, -0.05) is 36.4 Å². The molecule has 31 heavy (non-hydrogen) atoms. The standard InChI is InChI=1S/C24H11BN4O2/c1-27-24-28-15(13-26)12-18(29-24)14-10-21-23-22(11-14)31-20-9-5-3-7-17(20)25(23)16-6-2-4-8-19(16)30-21/h2-12H. The van der Waals surface area contributed by atoms with Crippen LogP contribution in [-0.4, -0.2) is 16.7 Å². The summed E-state index contributed by atoms with van der Waals surface area (Å²) in [5, 5.41) is 9.29. The molecule has 0 N–H and O–H groups in total. The number of nitriles is 1. The molecule has 3 aromatic carbocycles. The van der Waals surface area contributed by atoms with Crippen LogP contribution in [0.5, 0.6) is 23.0 Å². The van der Waals surface area contributed by atoms with Gasteiger partial charge in [0.25, 0.3) is 6.71 Å². The van der Waals surface area contributed by atoms with E-state index in [1.165, 1.54) is 0 Å². The van der Waals surface area contributed by atoms with E-state index in [4.69, 9.17) is 16.0 Å². The fraction of sp³-hybridized carbons (Fsp3) is 0. The number of aromatic nitrogens is 2. The molecule has 1 aromatic heterocycles. The molecule has 7 heteroatoms. The highest BCUT2D eigenvalue weighted by Gasteiger charge is 2.40. The lowest BCUT2D eigenvalue weighted by Crippen LogP contribution is -2.57. The van der Waals surface area contributed by atoms with Crippen LogP contribution in [0.2, 0.25) is 0 Å². The topological polar surface area (TPSA) is 72.4 Å². The molecule has 0 unspecified atom stereocenters. The van der Waals surface area contributed by atoms with Crippen LogP contribution < -0.4 is 25.9 Å². The number of hydrogen-bond acceptors (Lipinski definition) is 5. The van der Waals surface area contributed by atoms with Crippen molar-refractivity contribution in [2.24, 2.45) is 0 Å². The van der Waals surface area contributed by atoms with E-state index >= 15 is 0 Å². The molecular formula is C24H11BN4O2. The zero-order chi connectivity index (χ0) is 20.9. The highest BCUT2D eigenvalue weighted by Crippen LogP contribution is 2.37. The van der Waals surface area contributed by atoms with E-state index in [9.17, 15) is 5.26 Å². The van der Waals surface area contributed by atoms with Crippen LogP contribution in [0, 0.1) is 17.9 Å². The largest absolute Gasteiger partial charge is 0.458 e. The lowest BCUT2D eigenvalue weighted by atomic mass is 9.35. The predicted molar refractivity (Wildman–Crippen MR) is 116 cm³/mol. The summed E-state index contributed by atoms with van der Waals surface area (Å²) in [5.41, 5.74) is 4.43. The summed E-state index contributed by atoms with van der Waals surface area (Å²) in [4.78, 5) is 11.5. The molecule has 2 aliphatic heterocycles. The van der Waals surface area contributed by atoms with Crippen molar-refractivity contribution in [2.45, 2.75) is 0 Å². The number of nitrogens with zero attached hydrogens (tertiary/aromatic N) is 4. The van der Waals surface area contributed by atoms with Crippen molar-refractivity contribution >= 4 is 29.0 Å². The third-order valence-corrected chi connectivity index (χ3v) is 5.52. The number of fused-ring (bicyclic) bond motifs is 4. The Hall–Kier alpha value is -4.62. The zero-order valence-electron chi connectivity index (χ0n) is 16.0. The van der Waals surface area contributed by atoms with Gasteiger partial charge in [0.1, 0.15) is 34.8 Å². The highest BCUT2D eigenvalue weighted by molar-refractivity contribution is 6.98. The Morgan fingerprint density at radius 3 is 2.03 bits per heavy atom. The summed E-state index contributed by atoms with van der Waals surface area (Å²) in [5.74, 6) is 2.86. The Balaban J connectivity index is 1.61. The van der Waals surface area contributed by atoms with Gasteiger partial charge in [-0.05, 0) is 35.2 Å². The smallest absolute Gasteiger partial charge is 0.373 e. The maximum Gasteiger partial charge on any atom is 0.373 e. The van der Waals surface area contributed by atoms with Crippen molar-refractivity contribution in [2.75, 3.05) is 0 Å². The Morgan fingerprint density at radius 1 is 0.839 bits per heavy atom. The zero-order valence-corrected chi connectivity index (χ0v) is 16.0. The molecule has 6 nitrogen and oxygen atoms in total. The monoisotopic (exact) mass is 398 g/mol. The number of ether oxygens (including phenoxy) is 2. The first-order chi connectivity index (χ1) is 15.2. The van der Waals surface area contributed by atoms with Gasteiger partial charge in [0.2, 0.25) is 5.69 Å². The van der Waals surface area contributed by atoms with Crippen LogP contribution in [0.15, 0.2) is 66.7 Å². The maximum absolute atomic E-state index is 9.29. The third kappa shape index (κ3) is 2.58. The van der Waals surface area contributed by atoms with Crippen LogP contribution in [0.3, 0.4) is 0 Å². The van der Waals surface area contributed by atoms with Gasteiger partial charge in [-0.15, -0.1) is 16.5 Å². The fourth-order valence-corrected chi connectivity index (χ4v) is 4.23. The Labute approximate surface area is 178 Å². The predicted octanol–water partition coefficient (Wildman–Crippen LogP) is 3.29. The van der Waals surface area contributed by atoms with Crippen LogP contribution >= 0.6 is 0 Å². The van der Waals surface area contributed by atoms with Gasteiger partial charge in [-0.3, -0.25) is 0 Å². The maximum atomic E-state index is 9.29. The molecule has 0 fully saturated rings. The summed E-state index contributed by atoms with van der Waals surface area (Å²) in [6.45, 7) is 7.24. The molecule has 6 rings (SSSR count). The van der Waals surface area contributed by atoms with Crippen molar-refractivity contribution < 1.29 is 9.47 Å².